The maximum Gasteiger partial charge on any atom is 0.318 e. The number of rotatable bonds is 6. The molecule has 1 saturated carbocycles. The Kier molecular flexibility index (Phi) is 3.64. The van der Waals surface area contributed by atoms with Gasteiger partial charge >= 0.3 is 6.01 Å². The normalized spacial score (nSPS) is 14.5. The zero-order valence-electron chi connectivity index (χ0n) is 11.3. The predicted molar refractivity (Wildman–Crippen MR) is 72.7 cm³/mol. The van der Waals surface area contributed by atoms with Crippen LogP contribution in [0.2, 0.25) is 0 Å². The highest BCUT2D eigenvalue weighted by molar-refractivity contribution is 5.27. The minimum atomic E-state index is -0.227. The highest BCUT2D eigenvalue weighted by Gasteiger charge is 2.21. The van der Waals surface area contributed by atoms with E-state index in [1.807, 2.05) is 6.07 Å². The maximum absolute atomic E-state index is 13.6. The SMILES string of the molecule is CN(Cc1ccccc1F)c1nnc(CNC2CC2)o1. The molecular weight excluding hydrogens is 259 g/mol. The second-order valence-corrected chi connectivity index (χ2v) is 5.08. The van der Waals surface area contributed by atoms with Gasteiger partial charge in [0.25, 0.3) is 0 Å². The first-order chi connectivity index (χ1) is 9.72. The number of anilines is 1. The van der Waals surface area contributed by atoms with Crippen LogP contribution in [-0.4, -0.2) is 23.3 Å². The first-order valence-electron chi connectivity index (χ1n) is 6.72. The monoisotopic (exact) mass is 276 g/mol. The summed E-state index contributed by atoms with van der Waals surface area (Å²) in [6.07, 6.45) is 2.43. The standard InChI is InChI=1S/C14H17FN4O/c1-19(9-10-4-2-3-5-12(10)15)14-18-17-13(20-14)8-16-11-6-7-11/h2-5,11,16H,6-9H2,1H3. The Labute approximate surface area is 116 Å². The van der Waals surface area contributed by atoms with Crippen molar-refractivity contribution in [3.63, 3.8) is 0 Å². The first kappa shape index (κ1) is 13.1. The van der Waals surface area contributed by atoms with Crippen LogP contribution in [0, 0.1) is 5.82 Å². The molecule has 0 atom stereocenters. The Morgan fingerprint density at radius 1 is 1.35 bits per heavy atom. The van der Waals surface area contributed by atoms with Crippen molar-refractivity contribution in [1.29, 1.82) is 0 Å². The summed E-state index contributed by atoms with van der Waals surface area (Å²) in [6.45, 7) is 0.982. The minimum Gasteiger partial charge on any atom is -0.407 e. The van der Waals surface area contributed by atoms with Crippen molar-refractivity contribution in [3.8, 4) is 0 Å². The van der Waals surface area contributed by atoms with Gasteiger partial charge in [0.2, 0.25) is 5.89 Å². The molecule has 1 aliphatic rings. The fourth-order valence-electron chi connectivity index (χ4n) is 1.94. The van der Waals surface area contributed by atoms with Gasteiger partial charge in [0.05, 0.1) is 6.54 Å². The van der Waals surface area contributed by atoms with Gasteiger partial charge in [-0.2, -0.15) is 0 Å². The van der Waals surface area contributed by atoms with Gasteiger partial charge in [-0.25, -0.2) is 4.39 Å². The van der Waals surface area contributed by atoms with Gasteiger partial charge < -0.3 is 14.6 Å². The molecule has 1 heterocycles. The smallest absolute Gasteiger partial charge is 0.318 e. The molecule has 0 aliphatic heterocycles. The summed E-state index contributed by atoms with van der Waals surface area (Å²) in [5.41, 5.74) is 0.603. The van der Waals surface area contributed by atoms with Crippen molar-refractivity contribution in [2.24, 2.45) is 0 Å². The van der Waals surface area contributed by atoms with Crippen LogP contribution in [0.3, 0.4) is 0 Å². The van der Waals surface area contributed by atoms with Crippen molar-refractivity contribution >= 4 is 6.01 Å². The molecule has 2 aromatic rings. The largest absolute Gasteiger partial charge is 0.407 e. The highest BCUT2D eigenvalue weighted by Crippen LogP contribution is 2.20. The number of aromatic nitrogens is 2. The summed E-state index contributed by atoms with van der Waals surface area (Å²) in [7, 11) is 1.80. The molecule has 1 aliphatic carbocycles. The van der Waals surface area contributed by atoms with Crippen LogP contribution in [0.4, 0.5) is 10.4 Å². The van der Waals surface area contributed by atoms with E-state index in [1.54, 1.807) is 24.1 Å². The van der Waals surface area contributed by atoms with Gasteiger partial charge in [0.1, 0.15) is 5.82 Å². The third-order valence-corrected chi connectivity index (χ3v) is 3.27. The average Bonchev–Trinajstić information content (AvgIpc) is 3.15. The molecule has 1 aromatic carbocycles. The lowest BCUT2D eigenvalue weighted by atomic mass is 10.2. The molecule has 5 nitrogen and oxygen atoms in total. The Balaban J connectivity index is 1.61. The van der Waals surface area contributed by atoms with Gasteiger partial charge in [-0.1, -0.05) is 23.3 Å². The molecule has 20 heavy (non-hydrogen) atoms. The third kappa shape index (κ3) is 3.14. The second kappa shape index (κ2) is 5.58. The summed E-state index contributed by atoms with van der Waals surface area (Å²) in [5.74, 6) is 0.335. The van der Waals surface area contributed by atoms with E-state index in [9.17, 15) is 4.39 Å². The van der Waals surface area contributed by atoms with Crippen LogP contribution < -0.4 is 10.2 Å². The zero-order chi connectivity index (χ0) is 13.9. The quantitative estimate of drug-likeness (QED) is 0.875. The highest BCUT2D eigenvalue weighted by atomic mass is 19.1. The second-order valence-electron chi connectivity index (χ2n) is 5.08. The summed E-state index contributed by atoms with van der Waals surface area (Å²) in [4.78, 5) is 1.74. The molecule has 0 spiro atoms. The number of benzene rings is 1. The summed E-state index contributed by atoms with van der Waals surface area (Å²) in [6, 6.07) is 7.68. The van der Waals surface area contributed by atoms with Crippen molar-refractivity contribution in [3.05, 3.63) is 41.5 Å². The van der Waals surface area contributed by atoms with Gasteiger partial charge in [-0.3, -0.25) is 0 Å². The van der Waals surface area contributed by atoms with Crippen molar-refractivity contribution in [1.82, 2.24) is 15.5 Å². The lowest BCUT2D eigenvalue weighted by Gasteiger charge is -2.14. The van der Waals surface area contributed by atoms with Crippen LogP contribution >= 0.6 is 0 Å². The van der Waals surface area contributed by atoms with E-state index in [1.165, 1.54) is 18.9 Å². The summed E-state index contributed by atoms with van der Waals surface area (Å²) < 4.78 is 19.1. The molecule has 1 fully saturated rings. The van der Waals surface area contributed by atoms with E-state index < -0.39 is 0 Å². The Morgan fingerprint density at radius 3 is 2.90 bits per heavy atom. The Bertz CT molecular complexity index is 582. The van der Waals surface area contributed by atoms with Gasteiger partial charge in [-0.15, -0.1) is 5.10 Å². The van der Waals surface area contributed by atoms with E-state index in [0.717, 1.165) is 0 Å². The van der Waals surface area contributed by atoms with Crippen molar-refractivity contribution in [2.75, 3.05) is 11.9 Å². The molecule has 0 bridgehead atoms. The Hall–Kier alpha value is -1.95. The number of nitrogens with one attached hydrogen (secondary N) is 1. The van der Waals surface area contributed by atoms with Crippen LogP contribution in [0.5, 0.6) is 0 Å². The molecule has 1 aromatic heterocycles. The molecule has 0 amide bonds. The fraction of sp³-hybridized carbons (Fsp3) is 0.429. The zero-order valence-corrected chi connectivity index (χ0v) is 11.3. The molecule has 6 heteroatoms. The number of hydrogen-bond acceptors (Lipinski definition) is 5. The van der Waals surface area contributed by atoms with Crippen LogP contribution in [0.15, 0.2) is 28.7 Å². The minimum absolute atomic E-state index is 0.227. The van der Waals surface area contributed by atoms with E-state index in [0.29, 0.717) is 36.6 Å². The predicted octanol–water partition coefficient (Wildman–Crippen LogP) is 2.10. The fourth-order valence-corrected chi connectivity index (χ4v) is 1.94. The molecule has 3 rings (SSSR count). The van der Waals surface area contributed by atoms with Crippen molar-refractivity contribution < 1.29 is 8.81 Å². The lowest BCUT2D eigenvalue weighted by molar-refractivity contribution is 0.463. The van der Waals surface area contributed by atoms with E-state index >= 15 is 0 Å². The topological polar surface area (TPSA) is 54.2 Å². The number of hydrogen-bond donors (Lipinski definition) is 1. The van der Waals surface area contributed by atoms with Crippen molar-refractivity contribution in [2.45, 2.75) is 32.0 Å². The Morgan fingerprint density at radius 2 is 2.15 bits per heavy atom. The van der Waals surface area contributed by atoms with E-state index in [2.05, 4.69) is 15.5 Å². The summed E-state index contributed by atoms with van der Waals surface area (Å²) in [5, 5.41) is 11.3. The van der Waals surface area contributed by atoms with Crippen LogP contribution in [0.1, 0.15) is 24.3 Å². The maximum atomic E-state index is 13.6. The number of nitrogens with zero attached hydrogens (tertiary/aromatic N) is 3. The molecular formula is C14H17FN4O. The van der Waals surface area contributed by atoms with Crippen LogP contribution in [-0.2, 0) is 13.1 Å². The summed E-state index contributed by atoms with van der Waals surface area (Å²) >= 11 is 0. The lowest BCUT2D eigenvalue weighted by Crippen LogP contribution is -2.17. The van der Waals surface area contributed by atoms with E-state index in [4.69, 9.17) is 4.42 Å². The molecule has 1 N–H and O–H groups in total. The molecule has 106 valence electrons. The van der Waals surface area contributed by atoms with Crippen LogP contribution in [0.25, 0.3) is 0 Å². The van der Waals surface area contributed by atoms with Gasteiger partial charge in [0, 0.05) is 25.2 Å². The average molecular weight is 276 g/mol. The molecule has 0 saturated heterocycles. The third-order valence-electron chi connectivity index (χ3n) is 3.27. The van der Waals surface area contributed by atoms with Gasteiger partial charge in [-0.05, 0) is 18.9 Å². The first-order valence-corrected chi connectivity index (χ1v) is 6.72. The van der Waals surface area contributed by atoms with Gasteiger partial charge in [0.15, 0.2) is 0 Å². The molecule has 0 unspecified atom stereocenters. The molecule has 0 radical (unpaired) electrons. The van der Waals surface area contributed by atoms with E-state index in [-0.39, 0.29) is 5.82 Å². The number of halogens is 1.